The van der Waals surface area contributed by atoms with E-state index in [-0.39, 0.29) is 36.6 Å². The van der Waals surface area contributed by atoms with Gasteiger partial charge in [-0.2, -0.15) is 5.26 Å². The molecule has 0 spiro atoms. The average Bonchev–Trinajstić information content (AvgIpc) is 2.91. The number of aliphatic hydroxyl groups excluding tert-OH is 1. The molecule has 2 N–H and O–H groups in total. The molecule has 1 heterocycles. The number of rotatable bonds is 3. The van der Waals surface area contributed by atoms with E-state index >= 15 is 0 Å². The van der Waals surface area contributed by atoms with Crippen LogP contribution in [0.5, 0.6) is 0 Å². The molecule has 1 aliphatic rings. The van der Waals surface area contributed by atoms with Gasteiger partial charge in [-0.15, -0.1) is 24.0 Å². The molecule has 5 nitrogen and oxygen atoms in total. The predicted molar refractivity (Wildman–Crippen MR) is 93.5 cm³/mol. The normalized spacial score (nSPS) is 17.8. The van der Waals surface area contributed by atoms with Gasteiger partial charge in [-0.05, 0) is 25.5 Å². The minimum absolute atomic E-state index is 0. The Labute approximate surface area is 146 Å². The first-order valence-electron chi connectivity index (χ1n) is 7.04. The lowest BCUT2D eigenvalue weighted by atomic mass is 10.1. The summed E-state index contributed by atoms with van der Waals surface area (Å²) in [5, 5.41) is 21.5. The number of nitrogens with one attached hydrogen (secondary N) is 1. The Hall–Kier alpha value is -1.40. The standard InChI is InChI=1S/C15H19FN4O.HI/c1-2-18-15(20-6-5-13(21)10-20)19-9-12-4-3-11(8-17)7-14(12)16;/h3-4,7,13,21H,2,5-6,9-10H2,1H3,(H,18,19);1H/t13-;/m1./s1. The van der Waals surface area contributed by atoms with Crippen LogP contribution < -0.4 is 5.32 Å². The molecule has 1 saturated heterocycles. The summed E-state index contributed by atoms with van der Waals surface area (Å²) >= 11 is 0. The number of hydrogen-bond acceptors (Lipinski definition) is 3. The molecule has 0 aromatic heterocycles. The van der Waals surface area contributed by atoms with Crippen molar-refractivity contribution >= 4 is 29.9 Å². The molecule has 0 aliphatic carbocycles. The van der Waals surface area contributed by atoms with Crippen LogP contribution >= 0.6 is 24.0 Å². The smallest absolute Gasteiger partial charge is 0.194 e. The van der Waals surface area contributed by atoms with Crippen LogP contribution in [0.4, 0.5) is 4.39 Å². The Bertz CT molecular complexity index is 573. The third kappa shape index (κ3) is 4.81. The Kier molecular flexibility index (Phi) is 7.55. The number of nitriles is 1. The summed E-state index contributed by atoms with van der Waals surface area (Å²) in [7, 11) is 0. The van der Waals surface area contributed by atoms with Gasteiger partial charge in [-0.25, -0.2) is 9.38 Å². The second-order valence-electron chi connectivity index (χ2n) is 4.98. The van der Waals surface area contributed by atoms with Crippen molar-refractivity contribution in [2.24, 2.45) is 4.99 Å². The minimum Gasteiger partial charge on any atom is -0.391 e. The van der Waals surface area contributed by atoms with E-state index < -0.39 is 5.82 Å². The number of halogens is 2. The van der Waals surface area contributed by atoms with E-state index in [2.05, 4.69) is 10.3 Å². The van der Waals surface area contributed by atoms with Crippen molar-refractivity contribution < 1.29 is 9.50 Å². The molecule has 1 aromatic rings. The molecular formula is C15H20FIN4O. The Balaban J connectivity index is 0.00000242. The van der Waals surface area contributed by atoms with E-state index in [0.717, 1.165) is 13.0 Å². The van der Waals surface area contributed by atoms with Crippen LogP contribution in [0, 0.1) is 17.1 Å². The maximum absolute atomic E-state index is 13.8. The number of nitrogens with zero attached hydrogens (tertiary/aromatic N) is 3. The molecule has 22 heavy (non-hydrogen) atoms. The molecule has 7 heteroatoms. The van der Waals surface area contributed by atoms with Crippen molar-refractivity contribution in [3.8, 4) is 6.07 Å². The van der Waals surface area contributed by atoms with Gasteiger partial charge >= 0.3 is 0 Å². The fraction of sp³-hybridized carbons (Fsp3) is 0.467. The lowest BCUT2D eigenvalue weighted by Crippen LogP contribution is -2.40. The predicted octanol–water partition coefficient (Wildman–Crippen LogP) is 1.85. The van der Waals surface area contributed by atoms with Crippen molar-refractivity contribution in [3.05, 3.63) is 35.1 Å². The monoisotopic (exact) mass is 418 g/mol. The van der Waals surface area contributed by atoms with Crippen molar-refractivity contribution in [1.82, 2.24) is 10.2 Å². The largest absolute Gasteiger partial charge is 0.391 e. The van der Waals surface area contributed by atoms with Crippen LogP contribution in [-0.2, 0) is 6.54 Å². The van der Waals surface area contributed by atoms with E-state index in [1.165, 1.54) is 6.07 Å². The van der Waals surface area contributed by atoms with E-state index in [0.29, 0.717) is 30.2 Å². The van der Waals surface area contributed by atoms with Gasteiger partial charge in [0.2, 0.25) is 0 Å². The Morgan fingerprint density at radius 3 is 2.91 bits per heavy atom. The fourth-order valence-electron chi connectivity index (χ4n) is 2.27. The van der Waals surface area contributed by atoms with Crippen LogP contribution in [0.3, 0.4) is 0 Å². The SMILES string of the molecule is CCNC(=NCc1ccc(C#N)cc1F)N1CC[C@@H](O)C1.I. The number of benzene rings is 1. The van der Waals surface area contributed by atoms with Crippen molar-refractivity contribution in [1.29, 1.82) is 5.26 Å². The number of aliphatic hydroxyl groups is 1. The van der Waals surface area contributed by atoms with Crippen molar-refractivity contribution in [2.75, 3.05) is 19.6 Å². The number of hydrogen-bond donors (Lipinski definition) is 2. The quantitative estimate of drug-likeness (QED) is 0.447. The molecule has 1 aliphatic heterocycles. The fourth-order valence-corrected chi connectivity index (χ4v) is 2.27. The highest BCUT2D eigenvalue weighted by molar-refractivity contribution is 14.0. The molecule has 120 valence electrons. The van der Waals surface area contributed by atoms with Crippen LogP contribution in [0.2, 0.25) is 0 Å². The lowest BCUT2D eigenvalue weighted by Gasteiger charge is -2.21. The van der Waals surface area contributed by atoms with Gasteiger partial charge in [0.1, 0.15) is 5.82 Å². The third-order valence-corrected chi connectivity index (χ3v) is 3.38. The number of likely N-dealkylation sites (tertiary alicyclic amines) is 1. The summed E-state index contributed by atoms with van der Waals surface area (Å²) in [5.41, 5.74) is 0.749. The van der Waals surface area contributed by atoms with E-state index in [9.17, 15) is 9.50 Å². The van der Waals surface area contributed by atoms with Crippen LogP contribution in [-0.4, -0.2) is 41.7 Å². The maximum atomic E-state index is 13.8. The lowest BCUT2D eigenvalue weighted by molar-refractivity contribution is 0.188. The first-order valence-corrected chi connectivity index (χ1v) is 7.04. The zero-order chi connectivity index (χ0) is 15.2. The van der Waals surface area contributed by atoms with E-state index in [4.69, 9.17) is 5.26 Å². The molecular weight excluding hydrogens is 398 g/mol. The highest BCUT2D eigenvalue weighted by Gasteiger charge is 2.22. The van der Waals surface area contributed by atoms with Gasteiger partial charge in [0, 0.05) is 25.2 Å². The molecule has 0 bridgehead atoms. The van der Waals surface area contributed by atoms with Crippen molar-refractivity contribution in [3.63, 3.8) is 0 Å². The van der Waals surface area contributed by atoms with E-state index in [1.807, 2.05) is 17.9 Å². The summed E-state index contributed by atoms with van der Waals surface area (Å²) in [6, 6.07) is 6.29. The van der Waals surface area contributed by atoms with Gasteiger partial charge in [-0.3, -0.25) is 0 Å². The summed E-state index contributed by atoms with van der Waals surface area (Å²) in [5.74, 6) is 0.257. The van der Waals surface area contributed by atoms with Crippen LogP contribution in [0.25, 0.3) is 0 Å². The maximum Gasteiger partial charge on any atom is 0.194 e. The van der Waals surface area contributed by atoms with E-state index in [1.54, 1.807) is 12.1 Å². The zero-order valence-electron chi connectivity index (χ0n) is 12.4. The molecule has 1 fully saturated rings. The number of guanidine groups is 1. The number of aliphatic imine (C=N–C) groups is 1. The summed E-state index contributed by atoms with van der Waals surface area (Å²) in [6.45, 7) is 4.16. The van der Waals surface area contributed by atoms with Gasteiger partial charge in [0.05, 0.1) is 24.3 Å². The summed E-state index contributed by atoms with van der Waals surface area (Å²) in [6.07, 6.45) is 0.385. The molecule has 0 unspecified atom stereocenters. The van der Waals surface area contributed by atoms with Gasteiger partial charge in [0.25, 0.3) is 0 Å². The second-order valence-corrected chi connectivity index (χ2v) is 4.98. The third-order valence-electron chi connectivity index (χ3n) is 3.38. The van der Waals surface area contributed by atoms with Crippen molar-refractivity contribution in [2.45, 2.75) is 26.0 Å². The van der Waals surface area contributed by atoms with Gasteiger partial charge in [0.15, 0.2) is 5.96 Å². The molecule has 1 aromatic carbocycles. The summed E-state index contributed by atoms with van der Waals surface area (Å²) < 4.78 is 13.8. The highest BCUT2D eigenvalue weighted by atomic mass is 127. The summed E-state index contributed by atoms with van der Waals surface area (Å²) in [4.78, 5) is 6.38. The topological polar surface area (TPSA) is 71.7 Å². The van der Waals surface area contributed by atoms with Crippen LogP contribution in [0.15, 0.2) is 23.2 Å². The van der Waals surface area contributed by atoms with Gasteiger partial charge in [-0.1, -0.05) is 6.07 Å². The first kappa shape index (κ1) is 18.6. The van der Waals surface area contributed by atoms with Gasteiger partial charge < -0.3 is 15.3 Å². The molecule has 0 saturated carbocycles. The molecule has 0 radical (unpaired) electrons. The Morgan fingerprint density at radius 1 is 1.59 bits per heavy atom. The molecule has 1 atom stereocenters. The molecule has 2 rings (SSSR count). The van der Waals surface area contributed by atoms with Crippen LogP contribution in [0.1, 0.15) is 24.5 Å². The first-order chi connectivity index (χ1) is 10.1. The average molecular weight is 418 g/mol. The number of β-amino-alcohol motifs (C(OH)–C–C–N with tert-alkyl or cyclic N) is 1. The highest BCUT2D eigenvalue weighted by Crippen LogP contribution is 2.13. The molecule has 0 amide bonds. The Morgan fingerprint density at radius 2 is 2.36 bits per heavy atom. The minimum atomic E-state index is -0.421. The second kappa shape index (κ2) is 8.90. The zero-order valence-corrected chi connectivity index (χ0v) is 14.8.